The first kappa shape index (κ1) is 13.3. The fourth-order valence-corrected chi connectivity index (χ4v) is 1.42. The predicted octanol–water partition coefficient (Wildman–Crippen LogP) is -1.63. The number of carbonyl (C=O) groups excluding carboxylic acids is 1. The molecule has 1 unspecified atom stereocenters. The van der Waals surface area contributed by atoms with Crippen LogP contribution >= 0.6 is 0 Å². The van der Waals surface area contributed by atoms with Gasteiger partial charge in [-0.1, -0.05) is 13.8 Å². The Labute approximate surface area is 84.1 Å². The van der Waals surface area contributed by atoms with E-state index in [-0.39, 0.29) is 18.2 Å². The molecule has 6 nitrogen and oxygen atoms in total. The van der Waals surface area contributed by atoms with E-state index in [1.54, 1.807) is 0 Å². The Morgan fingerprint density at radius 1 is 1.43 bits per heavy atom. The number of rotatable bonds is 6. The van der Waals surface area contributed by atoms with E-state index in [1.165, 1.54) is 0 Å². The van der Waals surface area contributed by atoms with Crippen molar-refractivity contribution in [3.63, 3.8) is 0 Å². The normalized spacial score (nSPS) is 14.3. The number of amides is 1. The van der Waals surface area contributed by atoms with Crippen LogP contribution in [-0.4, -0.2) is 32.7 Å². The minimum Gasteiger partial charge on any atom is -0.368 e. The van der Waals surface area contributed by atoms with Crippen molar-refractivity contribution in [3.05, 3.63) is 0 Å². The Bertz CT molecular complexity index is 287. The van der Waals surface area contributed by atoms with Gasteiger partial charge in [0.15, 0.2) is 0 Å². The van der Waals surface area contributed by atoms with Gasteiger partial charge in [0.2, 0.25) is 15.9 Å². The second-order valence-corrected chi connectivity index (χ2v) is 5.18. The Kier molecular flexibility index (Phi) is 5.03. The van der Waals surface area contributed by atoms with Crippen LogP contribution in [0.1, 0.15) is 13.8 Å². The third-order valence-electron chi connectivity index (χ3n) is 1.72. The number of carbonyl (C=O) groups is 1. The first-order valence-corrected chi connectivity index (χ1v) is 5.98. The fourth-order valence-electron chi connectivity index (χ4n) is 1.02. The minimum atomic E-state index is -3.49. The Balaban J connectivity index is 4.03. The molecule has 0 radical (unpaired) electrons. The molecule has 5 N–H and O–H groups in total. The Morgan fingerprint density at radius 3 is 2.21 bits per heavy atom. The topological polar surface area (TPSA) is 115 Å². The zero-order valence-electron chi connectivity index (χ0n) is 8.36. The largest absolute Gasteiger partial charge is 0.368 e. The zero-order valence-corrected chi connectivity index (χ0v) is 9.17. The van der Waals surface area contributed by atoms with E-state index in [0.717, 1.165) is 0 Å². The highest BCUT2D eigenvalue weighted by Crippen LogP contribution is 1.99. The summed E-state index contributed by atoms with van der Waals surface area (Å²) in [5.74, 6) is -0.675. The molecule has 0 aliphatic rings. The average Bonchev–Trinajstić information content (AvgIpc) is 1.94. The third-order valence-corrected chi connectivity index (χ3v) is 2.50. The van der Waals surface area contributed by atoms with E-state index < -0.39 is 22.0 Å². The molecule has 0 aromatic rings. The quantitative estimate of drug-likeness (QED) is 0.501. The van der Waals surface area contributed by atoms with Gasteiger partial charge in [-0.2, -0.15) is 0 Å². The van der Waals surface area contributed by atoms with Crippen LogP contribution in [0.3, 0.4) is 0 Å². The number of primary amides is 1. The van der Waals surface area contributed by atoms with Crippen molar-refractivity contribution >= 4 is 15.9 Å². The Hall–Kier alpha value is -0.660. The fraction of sp³-hybridized carbons (Fsp3) is 0.857. The maximum atomic E-state index is 10.9. The van der Waals surface area contributed by atoms with Crippen LogP contribution in [0.15, 0.2) is 0 Å². The lowest BCUT2D eigenvalue weighted by molar-refractivity contribution is -0.120. The van der Waals surface area contributed by atoms with Gasteiger partial charge in [-0.15, -0.1) is 0 Å². The van der Waals surface area contributed by atoms with Gasteiger partial charge in [-0.3, -0.25) is 4.79 Å². The summed E-state index contributed by atoms with van der Waals surface area (Å²) in [4.78, 5) is 10.9. The molecule has 0 fully saturated rings. The van der Waals surface area contributed by atoms with Crippen molar-refractivity contribution in [3.8, 4) is 0 Å². The highest BCUT2D eigenvalue weighted by atomic mass is 32.2. The van der Waals surface area contributed by atoms with E-state index in [9.17, 15) is 13.2 Å². The first-order chi connectivity index (χ1) is 6.24. The summed E-state index contributed by atoms with van der Waals surface area (Å²) in [6, 6.07) is -0.517. The highest BCUT2D eigenvalue weighted by Gasteiger charge is 2.18. The number of hydrogen-bond acceptors (Lipinski definition) is 4. The SMILES string of the molecule is CC(C)C(NCCS(N)(=O)=O)C(N)=O. The number of nitrogens with one attached hydrogen (secondary N) is 1. The van der Waals surface area contributed by atoms with Gasteiger partial charge in [-0.25, -0.2) is 13.6 Å². The molecule has 1 amide bonds. The van der Waals surface area contributed by atoms with Gasteiger partial charge in [0.05, 0.1) is 11.8 Å². The third kappa shape index (κ3) is 5.90. The second-order valence-electron chi connectivity index (χ2n) is 3.45. The van der Waals surface area contributed by atoms with Crippen molar-refractivity contribution in [2.75, 3.05) is 12.3 Å². The van der Waals surface area contributed by atoms with Crippen LogP contribution in [0.25, 0.3) is 0 Å². The minimum absolute atomic E-state index is 0.0213. The number of hydrogen-bond donors (Lipinski definition) is 3. The zero-order chi connectivity index (χ0) is 11.4. The molecule has 0 rings (SSSR count). The molecular formula is C7H17N3O3S. The molecule has 0 saturated heterocycles. The number of nitrogens with two attached hydrogens (primary N) is 2. The maximum Gasteiger partial charge on any atom is 0.234 e. The average molecular weight is 223 g/mol. The molecule has 0 aromatic carbocycles. The lowest BCUT2D eigenvalue weighted by Gasteiger charge is -2.18. The van der Waals surface area contributed by atoms with Crippen LogP contribution in [0.5, 0.6) is 0 Å². The van der Waals surface area contributed by atoms with E-state index in [0.29, 0.717) is 0 Å². The molecule has 7 heteroatoms. The molecule has 0 heterocycles. The van der Waals surface area contributed by atoms with Gasteiger partial charge in [-0.05, 0) is 5.92 Å². The first-order valence-electron chi connectivity index (χ1n) is 4.27. The molecule has 84 valence electrons. The second kappa shape index (κ2) is 5.28. The maximum absolute atomic E-state index is 10.9. The molecule has 0 spiro atoms. The standard InChI is InChI=1S/C7H17N3O3S/c1-5(2)6(7(8)11)10-3-4-14(9,12)13/h5-6,10H,3-4H2,1-2H3,(H2,8,11)(H2,9,12,13). The van der Waals surface area contributed by atoms with Crippen molar-refractivity contribution in [1.29, 1.82) is 0 Å². The van der Waals surface area contributed by atoms with Gasteiger partial charge in [0.25, 0.3) is 0 Å². The van der Waals surface area contributed by atoms with Crippen LogP contribution < -0.4 is 16.2 Å². The smallest absolute Gasteiger partial charge is 0.234 e. The van der Waals surface area contributed by atoms with Gasteiger partial charge < -0.3 is 11.1 Å². The van der Waals surface area contributed by atoms with Gasteiger partial charge >= 0.3 is 0 Å². The lowest BCUT2D eigenvalue weighted by Crippen LogP contribution is -2.46. The van der Waals surface area contributed by atoms with Gasteiger partial charge in [0.1, 0.15) is 0 Å². The molecule has 0 aromatic heterocycles. The molecule has 0 aliphatic heterocycles. The molecule has 1 atom stereocenters. The van der Waals surface area contributed by atoms with E-state index in [4.69, 9.17) is 10.9 Å². The van der Waals surface area contributed by atoms with E-state index in [1.807, 2.05) is 13.8 Å². The van der Waals surface area contributed by atoms with Crippen LogP contribution in [0.4, 0.5) is 0 Å². The molecular weight excluding hydrogens is 206 g/mol. The van der Waals surface area contributed by atoms with Crippen LogP contribution in [0, 0.1) is 5.92 Å². The summed E-state index contributed by atoms with van der Waals surface area (Å²) in [5.41, 5.74) is 5.11. The summed E-state index contributed by atoms with van der Waals surface area (Å²) in [7, 11) is -3.49. The van der Waals surface area contributed by atoms with E-state index >= 15 is 0 Å². The molecule has 0 bridgehead atoms. The Morgan fingerprint density at radius 2 is 1.93 bits per heavy atom. The van der Waals surface area contributed by atoms with Crippen LogP contribution in [0.2, 0.25) is 0 Å². The number of primary sulfonamides is 1. The van der Waals surface area contributed by atoms with E-state index in [2.05, 4.69) is 5.32 Å². The predicted molar refractivity (Wildman–Crippen MR) is 53.8 cm³/mol. The summed E-state index contributed by atoms with van der Waals surface area (Å²) in [6.45, 7) is 3.77. The van der Waals surface area contributed by atoms with Crippen LogP contribution in [-0.2, 0) is 14.8 Å². The summed E-state index contributed by atoms with van der Waals surface area (Å²) < 4.78 is 21.1. The van der Waals surface area contributed by atoms with Crippen molar-refractivity contribution in [2.45, 2.75) is 19.9 Å². The summed E-state index contributed by atoms with van der Waals surface area (Å²) >= 11 is 0. The van der Waals surface area contributed by atoms with Crippen molar-refractivity contribution in [2.24, 2.45) is 16.8 Å². The molecule has 0 aliphatic carbocycles. The monoisotopic (exact) mass is 223 g/mol. The molecule has 14 heavy (non-hydrogen) atoms. The lowest BCUT2D eigenvalue weighted by atomic mass is 10.0. The summed E-state index contributed by atoms with van der Waals surface area (Å²) in [6.07, 6.45) is 0. The summed E-state index contributed by atoms with van der Waals surface area (Å²) in [5, 5.41) is 7.53. The van der Waals surface area contributed by atoms with Crippen molar-refractivity contribution < 1.29 is 13.2 Å². The molecule has 0 saturated carbocycles. The van der Waals surface area contributed by atoms with Gasteiger partial charge in [0, 0.05) is 6.54 Å². The highest BCUT2D eigenvalue weighted by molar-refractivity contribution is 7.89. The number of sulfonamides is 1. The van der Waals surface area contributed by atoms with Crippen molar-refractivity contribution in [1.82, 2.24) is 5.32 Å².